The molecule has 0 aromatic carbocycles. The summed E-state index contributed by atoms with van der Waals surface area (Å²) < 4.78 is 5.25. The molecule has 0 aromatic rings. The van der Waals surface area contributed by atoms with Crippen molar-refractivity contribution in [3.05, 3.63) is 0 Å². The van der Waals surface area contributed by atoms with Crippen LogP contribution in [0.1, 0.15) is 19.8 Å². The minimum Gasteiger partial charge on any atom is -0.393 e. The van der Waals surface area contributed by atoms with Crippen molar-refractivity contribution in [1.82, 2.24) is 9.80 Å². The van der Waals surface area contributed by atoms with E-state index in [0.29, 0.717) is 26.3 Å². The predicted octanol–water partition coefficient (Wildman–Crippen LogP) is -0.310. The average Bonchev–Trinajstić information content (AvgIpc) is 2.39. The fourth-order valence-corrected chi connectivity index (χ4v) is 2.48. The molecule has 1 N–H and O–H groups in total. The first-order chi connectivity index (χ1) is 8.18. The van der Waals surface area contributed by atoms with Crippen molar-refractivity contribution in [1.29, 1.82) is 0 Å². The Morgan fingerprint density at radius 1 is 1.24 bits per heavy atom. The smallest absolute Gasteiger partial charge is 0.239 e. The van der Waals surface area contributed by atoms with Crippen LogP contribution in [0.5, 0.6) is 0 Å². The van der Waals surface area contributed by atoms with Crippen LogP contribution in [0, 0.1) is 0 Å². The quantitative estimate of drug-likeness (QED) is 0.722. The molecule has 2 fully saturated rings. The molecular formula is C12H22N2O3. The molecule has 1 unspecified atom stereocenters. The van der Waals surface area contributed by atoms with Gasteiger partial charge in [0, 0.05) is 26.2 Å². The Bertz CT molecular complexity index is 258. The first-order valence-corrected chi connectivity index (χ1v) is 6.47. The highest BCUT2D eigenvalue weighted by Gasteiger charge is 2.29. The van der Waals surface area contributed by atoms with Gasteiger partial charge in [0.05, 0.1) is 25.4 Å². The molecule has 0 aromatic heterocycles. The Hall–Kier alpha value is -0.650. The molecule has 1 atom stereocenters. The summed E-state index contributed by atoms with van der Waals surface area (Å²) in [6, 6.07) is -0.0689. The molecule has 2 aliphatic rings. The van der Waals surface area contributed by atoms with Gasteiger partial charge in [-0.2, -0.15) is 0 Å². The van der Waals surface area contributed by atoms with Crippen molar-refractivity contribution < 1.29 is 14.6 Å². The van der Waals surface area contributed by atoms with Crippen LogP contribution < -0.4 is 0 Å². The SMILES string of the molecule is CC(C(=O)N1CCOCC1)N1CCC(O)CC1. The first-order valence-electron chi connectivity index (χ1n) is 6.47. The Morgan fingerprint density at radius 3 is 2.41 bits per heavy atom. The summed E-state index contributed by atoms with van der Waals surface area (Å²) >= 11 is 0. The highest BCUT2D eigenvalue weighted by atomic mass is 16.5. The number of amides is 1. The topological polar surface area (TPSA) is 53.0 Å². The van der Waals surface area contributed by atoms with Crippen molar-refractivity contribution >= 4 is 5.91 Å². The Labute approximate surface area is 102 Å². The summed E-state index contributed by atoms with van der Waals surface area (Å²) in [5, 5.41) is 9.46. The third-order valence-electron chi connectivity index (χ3n) is 3.73. The number of likely N-dealkylation sites (tertiary alicyclic amines) is 1. The summed E-state index contributed by atoms with van der Waals surface area (Å²) in [6.45, 7) is 6.32. The van der Waals surface area contributed by atoms with E-state index < -0.39 is 0 Å². The standard InChI is InChI=1S/C12H22N2O3/c1-10(13-4-2-11(15)3-5-13)12(16)14-6-8-17-9-7-14/h10-11,15H,2-9H2,1H3. The van der Waals surface area contributed by atoms with Crippen LogP contribution in [0.2, 0.25) is 0 Å². The summed E-state index contributed by atoms with van der Waals surface area (Å²) in [5.41, 5.74) is 0. The fraction of sp³-hybridized carbons (Fsp3) is 0.917. The largest absolute Gasteiger partial charge is 0.393 e. The van der Waals surface area contributed by atoms with E-state index in [9.17, 15) is 9.90 Å². The van der Waals surface area contributed by atoms with E-state index >= 15 is 0 Å². The van der Waals surface area contributed by atoms with E-state index in [1.165, 1.54) is 0 Å². The summed E-state index contributed by atoms with van der Waals surface area (Å²) in [6.07, 6.45) is 1.37. The number of carbonyl (C=O) groups excluding carboxylic acids is 1. The molecule has 1 amide bonds. The van der Waals surface area contributed by atoms with E-state index in [2.05, 4.69) is 4.90 Å². The number of hydrogen-bond donors (Lipinski definition) is 1. The van der Waals surface area contributed by atoms with Gasteiger partial charge in [-0.3, -0.25) is 9.69 Å². The van der Waals surface area contributed by atoms with Crippen LogP contribution in [0.25, 0.3) is 0 Å². The van der Waals surface area contributed by atoms with Crippen molar-refractivity contribution in [2.45, 2.75) is 31.9 Å². The van der Waals surface area contributed by atoms with Gasteiger partial charge in [0.2, 0.25) is 5.91 Å². The molecule has 2 heterocycles. The third-order valence-corrected chi connectivity index (χ3v) is 3.73. The minimum absolute atomic E-state index is 0.0689. The zero-order valence-corrected chi connectivity index (χ0v) is 10.5. The van der Waals surface area contributed by atoms with Gasteiger partial charge in [-0.15, -0.1) is 0 Å². The highest BCUT2D eigenvalue weighted by Crippen LogP contribution is 2.14. The summed E-state index contributed by atoms with van der Waals surface area (Å²) in [4.78, 5) is 16.3. The van der Waals surface area contributed by atoms with Crippen molar-refractivity contribution in [2.75, 3.05) is 39.4 Å². The minimum atomic E-state index is -0.183. The Morgan fingerprint density at radius 2 is 1.82 bits per heavy atom. The van der Waals surface area contributed by atoms with Crippen molar-refractivity contribution in [3.8, 4) is 0 Å². The van der Waals surface area contributed by atoms with Crippen molar-refractivity contribution in [3.63, 3.8) is 0 Å². The summed E-state index contributed by atoms with van der Waals surface area (Å²) in [5.74, 6) is 0.199. The predicted molar refractivity (Wildman–Crippen MR) is 63.7 cm³/mol. The van der Waals surface area contributed by atoms with Gasteiger partial charge in [-0.05, 0) is 19.8 Å². The van der Waals surface area contributed by atoms with Gasteiger partial charge in [0.1, 0.15) is 0 Å². The molecule has 2 aliphatic heterocycles. The van der Waals surface area contributed by atoms with Crippen molar-refractivity contribution in [2.24, 2.45) is 0 Å². The van der Waals surface area contributed by atoms with Crippen LogP contribution in [0.3, 0.4) is 0 Å². The highest BCUT2D eigenvalue weighted by molar-refractivity contribution is 5.81. The molecule has 0 spiro atoms. The second-order valence-electron chi connectivity index (χ2n) is 4.88. The van der Waals surface area contributed by atoms with E-state index in [-0.39, 0.29) is 18.1 Å². The van der Waals surface area contributed by atoms with Gasteiger partial charge in [-0.25, -0.2) is 0 Å². The molecule has 5 heteroatoms. The van der Waals surface area contributed by atoms with E-state index in [4.69, 9.17) is 4.74 Å². The lowest BCUT2D eigenvalue weighted by Crippen LogP contribution is -2.52. The fourth-order valence-electron chi connectivity index (χ4n) is 2.48. The lowest BCUT2D eigenvalue weighted by atomic mass is 10.1. The van der Waals surface area contributed by atoms with Gasteiger partial charge in [-0.1, -0.05) is 0 Å². The van der Waals surface area contributed by atoms with Crippen LogP contribution in [-0.2, 0) is 9.53 Å². The van der Waals surface area contributed by atoms with E-state index in [1.54, 1.807) is 0 Å². The van der Waals surface area contributed by atoms with Gasteiger partial charge in [0.25, 0.3) is 0 Å². The molecule has 0 radical (unpaired) electrons. The lowest BCUT2D eigenvalue weighted by Gasteiger charge is -2.37. The number of ether oxygens (including phenoxy) is 1. The van der Waals surface area contributed by atoms with E-state index in [1.807, 2.05) is 11.8 Å². The second kappa shape index (κ2) is 5.80. The Kier molecular flexibility index (Phi) is 4.36. The first kappa shape index (κ1) is 12.8. The normalized spacial score (nSPS) is 25.9. The van der Waals surface area contributed by atoms with Crippen LogP contribution in [0.4, 0.5) is 0 Å². The number of piperidine rings is 1. The molecule has 98 valence electrons. The number of carbonyl (C=O) groups is 1. The van der Waals surface area contributed by atoms with Gasteiger partial charge < -0.3 is 14.7 Å². The zero-order valence-electron chi connectivity index (χ0n) is 10.5. The maximum atomic E-state index is 12.2. The molecular weight excluding hydrogens is 220 g/mol. The number of aliphatic hydroxyl groups is 1. The van der Waals surface area contributed by atoms with E-state index in [0.717, 1.165) is 25.9 Å². The number of aliphatic hydroxyl groups excluding tert-OH is 1. The molecule has 2 rings (SSSR count). The molecule has 0 saturated carbocycles. The molecule has 5 nitrogen and oxygen atoms in total. The number of hydrogen-bond acceptors (Lipinski definition) is 4. The van der Waals surface area contributed by atoms with Gasteiger partial charge in [0.15, 0.2) is 0 Å². The lowest BCUT2D eigenvalue weighted by molar-refractivity contribution is -0.141. The molecule has 0 aliphatic carbocycles. The third kappa shape index (κ3) is 3.18. The van der Waals surface area contributed by atoms with Crippen LogP contribution >= 0.6 is 0 Å². The number of rotatable bonds is 2. The average molecular weight is 242 g/mol. The van der Waals surface area contributed by atoms with Gasteiger partial charge >= 0.3 is 0 Å². The molecule has 2 saturated heterocycles. The second-order valence-corrected chi connectivity index (χ2v) is 4.88. The zero-order chi connectivity index (χ0) is 12.3. The van der Waals surface area contributed by atoms with Crippen LogP contribution in [-0.4, -0.2) is 72.4 Å². The summed E-state index contributed by atoms with van der Waals surface area (Å²) in [7, 11) is 0. The molecule has 17 heavy (non-hydrogen) atoms. The van der Waals surface area contributed by atoms with Crippen LogP contribution in [0.15, 0.2) is 0 Å². The monoisotopic (exact) mass is 242 g/mol. The maximum Gasteiger partial charge on any atom is 0.239 e. The molecule has 0 bridgehead atoms. The number of nitrogens with zero attached hydrogens (tertiary/aromatic N) is 2. The number of morpholine rings is 1. The Balaban J connectivity index is 1.85. The maximum absolute atomic E-state index is 12.2.